The lowest BCUT2D eigenvalue weighted by molar-refractivity contribution is -0.457. The van der Waals surface area contributed by atoms with Crippen LogP contribution < -0.4 is 4.74 Å². The molecule has 4 rings (SSSR count). The molecule has 7 nitrogen and oxygen atoms in total. The number of nitrogens with zero attached hydrogens (tertiary/aromatic N) is 1. The molecule has 0 aromatic heterocycles. The van der Waals surface area contributed by atoms with Crippen LogP contribution in [-0.2, 0) is 20.6 Å². The maximum Gasteiger partial charge on any atom is 0.435 e. The number of fused-ring (bicyclic) bond motifs is 5. The van der Waals surface area contributed by atoms with Gasteiger partial charge in [-0.2, -0.15) is 39.5 Å². The summed E-state index contributed by atoms with van der Waals surface area (Å²) in [6.45, 7) is 4.04. The molecule has 2 N–H and O–H groups in total. The minimum absolute atomic E-state index is 0.00175. The molecule has 2 fully saturated rings. The van der Waals surface area contributed by atoms with Gasteiger partial charge in [-0.05, 0) is 124 Å². The highest BCUT2D eigenvalue weighted by atomic mass is 33.1. The quantitative estimate of drug-likeness (QED) is 0.0601. The zero-order valence-electron chi connectivity index (χ0n) is 32.7. The van der Waals surface area contributed by atoms with Crippen LogP contribution in [0.25, 0.3) is 0 Å². The van der Waals surface area contributed by atoms with E-state index in [9.17, 15) is 39.5 Å². The Labute approximate surface area is 337 Å². The highest BCUT2D eigenvalue weighted by Crippen LogP contribution is 2.62. The van der Waals surface area contributed by atoms with Gasteiger partial charge in [-0.1, -0.05) is 34.6 Å². The van der Waals surface area contributed by atoms with Gasteiger partial charge in [-0.25, -0.2) is 0 Å². The van der Waals surface area contributed by atoms with E-state index in [4.69, 9.17) is 24.4 Å². The Morgan fingerprint density at radius 3 is 2.19 bits per heavy atom. The summed E-state index contributed by atoms with van der Waals surface area (Å²) < 4.78 is 140. The molecule has 57 heavy (non-hydrogen) atoms. The second kappa shape index (κ2) is 21.6. The fraction of sp³-hybridized carbons (Fsp3) is 0.846. The van der Waals surface area contributed by atoms with E-state index in [0.717, 1.165) is 81.7 Å². The number of likely N-dealkylation sites (N-methyl/N-ethyl adjacent to an activating group) is 1. The summed E-state index contributed by atoms with van der Waals surface area (Å²) in [4.78, 5) is 2.26. The van der Waals surface area contributed by atoms with Crippen molar-refractivity contribution in [2.24, 2.45) is 23.2 Å². The minimum Gasteiger partial charge on any atom is -0.492 e. The molecule has 0 saturated heterocycles. The van der Waals surface area contributed by atoms with Crippen LogP contribution in [-0.4, -0.2) is 123 Å². The Kier molecular flexibility index (Phi) is 18.4. The summed E-state index contributed by atoms with van der Waals surface area (Å²) in [6.07, 6.45) is -13.4. The maximum absolute atomic E-state index is 13.2. The van der Waals surface area contributed by atoms with Crippen LogP contribution >= 0.6 is 21.6 Å². The summed E-state index contributed by atoms with van der Waals surface area (Å²) >= 11 is 0. The molecular weight excluding hydrogens is 814 g/mol. The predicted molar refractivity (Wildman–Crippen MR) is 203 cm³/mol. The molecule has 0 aliphatic heterocycles. The number of aliphatic hydroxyl groups excluding tert-OH is 2. The van der Waals surface area contributed by atoms with Gasteiger partial charge in [0.15, 0.2) is 0 Å². The SMILES string of the molecule is CN(CCCSSCCOCCCC(CO)CO)CCOc1ccc2c(c1)CC[C@@H]1[C@@H]2CC[C@]2(C)[C@@H](OCCCOC(C(F)(F)F)(C(F)(F)F)C(F)(F)F)CC[C@@H]12. The number of benzene rings is 1. The van der Waals surface area contributed by atoms with E-state index < -0.39 is 37.2 Å². The smallest absolute Gasteiger partial charge is 0.435 e. The Bertz CT molecular complexity index is 1320. The number of hydrogen-bond donors (Lipinski definition) is 2. The summed E-state index contributed by atoms with van der Waals surface area (Å²) in [5, 5.41) is 18.2. The summed E-state index contributed by atoms with van der Waals surface area (Å²) in [5.74, 6) is 3.78. The van der Waals surface area contributed by atoms with Gasteiger partial charge in [0.2, 0.25) is 0 Å². The van der Waals surface area contributed by atoms with Crippen molar-refractivity contribution in [2.45, 2.75) is 107 Å². The third-order valence-corrected chi connectivity index (χ3v) is 14.5. The summed E-state index contributed by atoms with van der Waals surface area (Å²) in [5.41, 5.74) is -3.92. The molecule has 330 valence electrons. The molecule has 3 aliphatic carbocycles. The molecule has 1 aromatic rings. The van der Waals surface area contributed by atoms with Gasteiger partial charge in [0.05, 0.1) is 19.3 Å². The van der Waals surface area contributed by atoms with Crippen LogP contribution in [0.4, 0.5) is 39.5 Å². The highest BCUT2D eigenvalue weighted by Gasteiger charge is 2.85. The van der Waals surface area contributed by atoms with E-state index >= 15 is 0 Å². The van der Waals surface area contributed by atoms with Crippen molar-refractivity contribution in [3.63, 3.8) is 0 Å². The van der Waals surface area contributed by atoms with Crippen LogP contribution in [0.1, 0.15) is 81.8 Å². The molecule has 0 bridgehead atoms. The van der Waals surface area contributed by atoms with Crippen molar-refractivity contribution in [3.05, 3.63) is 29.3 Å². The van der Waals surface area contributed by atoms with Crippen LogP contribution in [0.5, 0.6) is 5.75 Å². The maximum atomic E-state index is 13.2. The van der Waals surface area contributed by atoms with Crippen molar-refractivity contribution in [1.82, 2.24) is 4.90 Å². The Morgan fingerprint density at radius 1 is 0.807 bits per heavy atom. The lowest BCUT2D eigenvalue weighted by Crippen LogP contribution is -2.67. The molecule has 0 heterocycles. The van der Waals surface area contributed by atoms with Crippen molar-refractivity contribution >= 4 is 21.6 Å². The zero-order chi connectivity index (χ0) is 41.9. The third-order valence-electron chi connectivity index (χ3n) is 12.1. The van der Waals surface area contributed by atoms with Crippen molar-refractivity contribution in [3.8, 4) is 5.75 Å². The third kappa shape index (κ3) is 12.2. The molecule has 18 heteroatoms. The molecule has 0 spiro atoms. The number of aryl methyl sites for hydroxylation is 1. The number of aliphatic hydroxyl groups is 2. The lowest BCUT2D eigenvalue weighted by atomic mass is 9.55. The largest absolute Gasteiger partial charge is 0.492 e. The van der Waals surface area contributed by atoms with Gasteiger partial charge in [-0.15, -0.1) is 0 Å². The van der Waals surface area contributed by atoms with Crippen molar-refractivity contribution in [2.75, 3.05) is 77.9 Å². The molecule has 0 amide bonds. The van der Waals surface area contributed by atoms with E-state index in [0.29, 0.717) is 44.0 Å². The van der Waals surface area contributed by atoms with Gasteiger partial charge in [0.1, 0.15) is 12.4 Å². The van der Waals surface area contributed by atoms with E-state index in [2.05, 4.69) is 35.7 Å². The number of rotatable bonds is 24. The van der Waals surface area contributed by atoms with Gasteiger partial charge >= 0.3 is 24.1 Å². The van der Waals surface area contributed by atoms with Crippen molar-refractivity contribution in [1.29, 1.82) is 0 Å². The monoisotopic (exact) mass is 871 g/mol. The lowest BCUT2D eigenvalue weighted by Gasteiger charge is -2.50. The van der Waals surface area contributed by atoms with Gasteiger partial charge in [-0.3, -0.25) is 0 Å². The fourth-order valence-electron chi connectivity index (χ4n) is 8.96. The van der Waals surface area contributed by atoms with Crippen LogP contribution in [0, 0.1) is 23.2 Å². The first-order valence-electron chi connectivity index (χ1n) is 19.8. The first-order chi connectivity index (χ1) is 26.9. The number of alkyl halides is 9. The van der Waals surface area contributed by atoms with E-state index in [-0.39, 0.29) is 37.3 Å². The van der Waals surface area contributed by atoms with E-state index in [1.807, 2.05) is 16.9 Å². The zero-order valence-corrected chi connectivity index (χ0v) is 34.3. The topological polar surface area (TPSA) is 80.6 Å². The van der Waals surface area contributed by atoms with Crippen LogP contribution in [0.2, 0.25) is 0 Å². The Balaban J connectivity index is 1.14. The molecule has 0 unspecified atom stereocenters. The second-order valence-electron chi connectivity index (χ2n) is 15.8. The van der Waals surface area contributed by atoms with E-state index in [1.165, 1.54) is 11.1 Å². The van der Waals surface area contributed by atoms with Crippen molar-refractivity contribution < 1.29 is 68.7 Å². The fourth-order valence-corrected chi connectivity index (χ4v) is 10.9. The molecule has 3 aliphatic rings. The number of ether oxygens (including phenoxy) is 4. The average molecular weight is 872 g/mol. The summed E-state index contributed by atoms with van der Waals surface area (Å²) in [7, 11) is 5.73. The van der Waals surface area contributed by atoms with Gasteiger partial charge in [0, 0.05) is 50.4 Å². The minimum atomic E-state index is -6.74. The summed E-state index contributed by atoms with van der Waals surface area (Å²) in [6, 6.07) is 6.34. The molecule has 2 saturated carbocycles. The molecule has 5 atom stereocenters. The van der Waals surface area contributed by atoms with Gasteiger partial charge < -0.3 is 34.1 Å². The highest BCUT2D eigenvalue weighted by molar-refractivity contribution is 8.76. The van der Waals surface area contributed by atoms with Crippen LogP contribution in [0.15, 0.2) is 18.2 Å². The standard InChI is InChI=1S/C39H58F9NO6S2/c1-35-14-13-31-30-10-8-29(53-20-16-49(2)15-4-22-56-57-23-21-52-17-3-6-27(25-50)26-51)24-28(30)7-9-32(31)33(35)11-12-34(35)54-18-5-19-55-36(37(40,41)42,38(43,44)45)39(46,47)48/h8,10,24,27,31-34,50-51H,3-7,9,11-23,25-26H2,1-2H3/t31-,32-,33+,34+,35+/m1/s1. The number of halogens is 9. The normalized spacial score (nSPS) is 24.2. The molecular formula is C39H58F9NO6S2. The van der Waals surface area contributed by atoms with Crippen LogP contribution in [0.3, 0.4) is 0 Å². The molecule has 1 aromatic carbocycles. The predicted octanol–water partition coefficient (Wildman–Crippen LogP) is 9.24. The first-order valence-corrected chi connectivity index (χ1v) is 22.3. The Hall–Kier alpha value is -1.15. The molecule has 0 radical (unpaired) electrons. The Morgan fingerprint density at radius 2 is 1.51 bits per heavy atom. The van der Waals surface area contributed by atoms with E-state index in [1.54, 1.807) is 10.8 Å². The second-order valence-corrected chi connectivity index (χ2v) is 18.5. The number of hydrogen-bond acceptors (Lipinski definition) is 9. The van der Waals surface area contributed by atoms with Gasteiger partial charge in [0.25, 0.3) is 0 Å². The first kappa shape index (κ1) is 48.5. The average Bonchev–Trinajstić information content (AvgIpc) is 3.47.